The van der Waals surface area contributed by atoms with Crippen molar-refractivity contribution in [3.8, 4) is 5.75 Å². The number of esters is 1. The molecule has 1 fully saturated rings. The molecule has 1 heterocycles. The van der Waals surface area contributed by atoms with Crippen LogP contribution in [0.4, 0.5) is 0 Å². The Morgan fingerprint density at radius 3 is 2.13 bits per heavy atom. The summed E-state index contributed by atoms with van der Waals surface area (Å²) >= 11 is 0. The van der Waals surface area contributed by atoms with Gasteiger partial charge in [0, 0.05) is 21.1 Å². The molecular weight excluding hydrogens is 304 g/mol. The van der Waals surface area contributed by atoms with Crippen molar-refractivity contribution in [3.63, 3.8) is 0 Å². The summed E-state index contributed by atoms with van der Waals surface area (Å²) in [5.74, 6) is -2.88. The van der Waals surface area contributed by atoms with E-state index in [1.54, 1.807) is 38.3 Å². The number of hydrogen-bond donors (Lipinski definition) is 1. The van der Waals surface area contributed by atoms with Gasteiger partial charge in [-0.1, -0.05) is 12.1 Å². The molecule has 1 aromatic carbocycles. The Labute approximate surface area is 135 Å². The van der Waals surface area contributed by atoms with Crippen molar-refractivity contribution in [1.29, 1.82) is 0 Å². The highest BCUT2D eigenvalue weighted by Gasteiger charge is 2.58. The Kier molecular flexibility index (Phi) is 4.95. The Hall–Kier alpha value is -1.67. The van der Waals surface area contributed by atoms with Gasteiger partial charge in [0.05, 0.1) is 7.11 Å². The second kappa shape index (κ2) is 6.45. The van der Waals surface area contributed by atoms with E-state index >= 15 is 0 Å². The molecule has 0 spiro atoms. The van der Waals surface area contributed by atoms with Crippen LogP contribution in [0, 0.1) is 0 Å². The lowest BCUT2D eigenvalue weighted by Gasteiger charge is -2.48. The van der Waals surface area contributed by atoms with Gasteiger partial charge in [-0.3, -0.25) is 0 Å². The predicted octanol–water partition coefficient (Wildman–Crippen LogP) is 1.40. The number of cyclic esters (lactones) is 1. The first kappa shape index (κ1) is 17.7. The van der Waals surface area contributed by atoms with E-state index in [1.807, 2.05) is 0 Å². The number of hydrogen-bond acceptors (Lipinski definition) is 7. The molecule has 4 atom stereocenters. The van der Waals surface area contributed by atoms with E-state index in [-0.39, 0.29) is 0 Å². The number of rotatable bonds is 5. The highest BCUT2D eigenvalue weighted by atomic mass is 16.8. The van der Waals surface area contributed by atoms with Gasteiger partial charge < -0.3 is 28.8 Å². The number of benzene rings is 1. The third-order valence-corrected chi connectivity index (χ3v) is 4.23. The van der Waals surface area contributed by atoms with E-state index in [4.69, 9.17) is 23.7 Å². The summed E-state index contributed by atoms with van der Waals surface area (Å²) in [4.78, 5) is 12.2. The Balaban J connectivity index is 2.26. The van der Waals surface area contributed by atoms with Crippen LogP contribution < -0.4 is 4.74 Å². The number of aliphatic hydroxyl groups is 1. The topological polar surface area (TPSA) is 83.5 Å². The van der Waals surface area contributed by atoms with Gasteiger partial charge in [-0.15, -0.1) is 0 Å². The molecule has 7 nitrogen and oxygen atoms in total. The highest BCUT2D eigenvalue weighted by Crippen LogP contribution is 2.40. The first-order chi connectivity index (χ1) is 10.8. The fraction of sp³-hybridized carbons (Fsp3) is 0.562. The van der Waals surface area contributed by atoms with E-state index < -0.39 is 29.8 Å². The molecule has 0 bridgehead atoms. The van der Waals surface area contributed by atoms with Crippen LogP contribution >= 0.6 is 0 Å². The van der Waals surface area contributed by atoms with Crippen LogP contribution in [0.5, 0.6) is 5.75 Å². The van der Waals surface area contributed by atoms with Gasteiger partial charge in [0.1, 0.15) is 11.9 Å². The average molecular weight is 326 g/mol. The van der Waals surface area contributed by atoms with Crippen LogP contribution in [0.15, 0.2) is 24.3 Å². The van der Waals surface area contributed by atoms with Crippen molar-refractivity contribution in [3.05, 3.63) is 29.8 Å². The summed E-state index contributed by atoms with van der Waals surface area (Å²) in [6, 6.07) is 6.66. The molecule has 7 heteroatoms. The van der Waals surface area contributed by atoms with Crippen molar-refractivity contribution >= 4 is 5.97 Å². The minimum absolute atomic E-state index is 0.493. The van der Waals surface area contributed by atoms with Crippen LogP contribution in [0.2, 0.25) is 0 Å². The van der Waals surface area contributed by atoms with Gasteiger partial charge in [0.25, 0.3) is 5.79 Å². The van der Waals surface area contributed by atoms with Crippen LogP contribution in [0.25, 0.3) is 0 Å². The predicted molar refractivity (Wildman–Crippen MR) is 79.7 cm³/mol. The number of carbonyl (C=O) groups excluding carboxylic acids is 1. The summed E-state index contributed by atoms with van der Waals surface area (Å²) in [5.41, 5.74) is 0.493. The summed E-state index contributed by atoms with van der Waals surface area (Å²) in [6.45, 7) is 3.11. The molecule has 0 radical (unpaired) electrons. The van der Waals surface area contributed by atoms with Gasteiger partial charge >= 0.3 is 5.97 Å². The third-order valence-electron chi connectivity index (χ3n) is 4.23. The van der Waals surface area contributed by atoms with Crippen molar-refractivity contribution in [2.45, 2.75) is 37.6 Å². The second-order valence-electron chi connectivity index (χ2n) is 5.48. The Morgan fingerprint density at radius 1 is 1.09 bits per heavy atom. The molecule has 1 aromatic rings. The van der Waals surface area contributed by atoms with Gasteiger partial charge in [0.15, 0.2) is 6.10 Å². The summed E-state index contributed by atoms with van der Waals surface area (Å²) in [7, 11) is 4.34. The van der Waals surface area contributed by atoms with E-state index in [1.165, 1.54) is 21.1 Å². The van der Waals surface area contributed by atoms with E-state index in [0.717, 1.165) is 0 Å². The van der Waals surface area contributed by atoms with Crippen molar-refractivity contribution in [1.82, 2.24) is 0 Å². The normalized spacial score (nSPS) is 32.3. The number of carbonyl (C=O) groups is 1. The monoisotopic (exact) mass is 326 g/mol. The molecule has 0 unspecified atom stereocenters. The molecule has 128 valence electrons. The van der Waals surface area contributed by atoms with Crippen molar-refractivity contribution < 1.29 is 33.6 Å². The molecule has 0 aromatic heterocycles. The minimum Gasteiger partial charge on any atom is -0.497 e. The smallest absolute Gasteiger partial charge is 0.341 e. The molecule has 1 saturated heterocycles. The van der Waals surface area contributed by atoms with Crippen molar-refractivity contribution in [2.75, 3.05) is 21.3 Å². The molecule has 23 heavy (non-hydrogen) atoms. The lowest BCUT2D eigenvalue weighted by atomic mass is 10.0. The van der Waals surface area contributed by atoms with Gasteiger partial charge in [-0.2, -0.15) is 0 Å². The van der Waals surface area contributed by atoms with Crippen LogP contribution in [0.1, 0.15) is 25.5 Å². The number of methoxy groups -OCH3 is 3. The first-order valence-electron chi connectivity index (χ1n) is 7.13. The zero-order valence-corrected chi connectivity index (χ0v) is 13.9. The highest BCUT2D eigenvalue weighted by molar-refractivity contribution is 5.77. The van der Waals surface area contributed by atoms with Crippen LogP contribution in [0.3, 0.4) is 0 Å². The quantitative estimate of drug-likeness (QED) is 0.819. The Bertz CT molecular complexity index is 558. The lowest BCUT2D eigenvalue weighted by molar-refractivity contribution is -0.411. The summed E-state index contributed by atoms with van der Waals surface area (Å²) < 4.78 is 26.7. The van der Waals surface area contributed by atoms with E-state index in [9.17, 15) is 9.90 Å². The standard InChI is InChI=1S/C16H22O7/c1-15(20-4)16(2,21-5)23-14(18)13(22-15)12(17)10-6-8-11(19-3)9-7-10/h6-9,12-13,17H,1-5H3/t12-,13-,15+,16+/m1/s1. The molecule has 2 rings (SSSR count). The first-order valence-corrected chi connectivity index (χ1v) is 7.13. The SMILES string of the molecule is COc1ccc([C@@H](O)[C@H]2O[C@](C)(OC)[C@@](C)(OC)OC2=O)cc1. The summed E-state index contributed by atoms with van der Waals surface area (Å²) in [5, 5.41) is 10.5. The number of aliphatic hydroxyl groups excluding tert-OH is 1. The largest absolute Gasteiger partial charge is 0.497 e. The van der Waals surface area contributed by atoms with E-state index in [2.05, 4.69) is 0 Å². The van der Waals surface area contributed by atoms with Gasteiger partial charge in [0.2, 0.25) is 5.79 Å². The van der Waals surface area contributed by atoms with E-state index in [0.29, 0.717) is 11.3 Å². The average Bonchev–Trinajstić information content (AvgIpc) is 2.57. The van der Waals surface area contributed by atoms with Crippen LogP contribution in [-0.2, 0) is 23.7 Å². The fourth-order valence-electron chi connectivity index (χ4n) is 2.37. The maximum Gasteiger partial charge on any atom is 0.341 e. The van der Waals surface area contributed by atoms with Crippen LogP contribution in [-0.4, -0.2) is 50.1 Å². The third kappa shape index (κ3) is 3.05. The lowest BCUT2D eigenvalue weighted by Crippen LogP contribution is -2.64. The van der Waals surface area contributed by atoms with Crippen molar-refractivity contribution in [2.24, 2.45) is 0 Å². The molecule has 1 aliphatic heterocycles. The minimum atomic E-state index is -1.42. The fourth-order valence-corrected chi connectivity index (χ4v) is 2.37. The molecule has 1 aliphatic rings. The second-order valence-corrected chi connectivity index (χ2v) is 5.48. The zero-order valence-electron chi connectivity index (χ0n) is 13.9. The molecule has 0 aliphatic carbocycles. The molecule has 0 saturated carbocycles. The molecule has 0 amide bonds. The zero-order chi connectivity index (χ0) is 17.3. The number of ether oxygens (including phenoxy) is 5. The maximum atomic E-state index is 12.2. The Morgan fingerprint density at radius 2 is 1.65 bits per heavy atom. The van der Waals surface area contributed by atoms with Gasteiger partial charge in [-0.05, 0) is 24.6 Å². The molecule has 1 N–H and O–H groups in total. The molecular formula is C16H22O7. The van der Waals surface area contributed by atoms with Gasteiger partial charge in [-0.25, -0.2) is 4.79 Å². The maximum absolute atomic E-state index is 12.2. The summed E-state index contributed by atoms with van der Waals surface area (Å²) in [6.07, 6.45) is -2.46.